The third-order valence-corrected chi connectivity index (χ3v) is 26.7. The number of terminal acetylenes is 6. The standard InChI is InChI=1S/C55H82N10O6.C36H50N2O7.C19H34N8.CH2O3.Na/c1-5-8-11-18-35-69-48-38-42(39-49(70-36-19-12-9-6-2)53(48)71-37-20-13-10-7-3)54(68)59-28-17-15-14-16-21-47(66)46(58-4)40-52(67)60-45-26-33-65(34-27-45)55-61-50(63-29-22-43(56)23-30-63)41-51(62-55)64-31-24-44(57)25-32-64;1-5-8-11-18-23-43-32-26-29(27-33(44-24-19-12-9-6-2)35(32)45-25-20-13-10-7-3)36(42)38-22-17-15-14-16-21-31(39)30(37-4)28-34(40)41;20-14-1-7-25(8-2-14)17-13-18(26-9-3-15(21)4-10-26)24-19(23-17)27-11-5-16(22)6-12-27;2-1-4-3;/h1-3,38-39,41,43-46,58H,8-37,40,56-57H2,4H3,(H,59,68)(H,60,67);1-3,26-27,30,37H,8-25,28H2,4H3,(H,38,42)(H,40,41);13-16H,1-12,20-22H2;1,3H;/q;;;;+1/p-1/t46-;30-;;;/m00.../s1. The minimum atomic E-state index is -1.01. The second-order valence-electron chi connectivity index (χ2n) is 38.3. The number of carbonyl (C=O) groups is 7. The van der Waals surface area contributed by atoms with E-state index in [0.29, 0.717) is 194 Å². The van der Waals surface area contributed by atoms with Gasteiger partial charge in [0.1, 0.15) is 34.8 Å². The van der Waals surface area contributed by atoms with Gasteiger partial charge in [0.25, 0.3) is 18.3 Å². The maximum atomic E-state index is 13.5. The Morgan fingerprint density at radius 2 is 0.642 bits per heavy atom. The van der Waals surface area contributed by atoms with E-state index in [1.165, 1.54) is 0 Å². The van der Waals surface area contributed by atoms with Crippen LogP contribution in [0.5, 0.6) is 34.5 Å². The van der Waals surface area contributed by atoms with Crippen molar-refractivity contribution in [2.75, 3.05) is 175 Å². The van der Waals surface area contributed by atoms with E-state index < -0.39 is 18.1 Å². The van der Waals surface area contributed by atoms with Gasteiger partial charge in [0.15, 0.2) is 23.0 Å². The largest absolute Gasteiger partial charge is 1.00 e. The molecule has 0 bridgehead atoms. The number of nitrogens with two attached hydrogens (primary N) is 5. The molecule has 16 N–H and O–H groups in total. The van der Waals surface area contributed by atoms with Crippen molar-refractivity contribution in [3.8, 4) is 109 Å². The Bertz CT molecular complexity index is 4590. The Morgan fingerprint density at radius 3 is 0.905 bits per heavy atom. The van der Waals surface area contributed by atoms with Gasteiger partial charge in [-0.05, 0) is 218 Å². The summed E-state index contributed by atoms with van der Waals surface area (Å²) >= 11 is 0. The first-order valence-corrected chi connectivity index (χ1v) is 53.5. The Balaban J connectivity index is 0.000000367. The minimum absolute atomic E-state index is 0. The number of piperidine rings is 6. The summed E-state index contributed by atoms with van der Waals surface area (Å²) in [4.78, 5) is 121. The Labute approximate surface area is 902 Å². The van der Waals surface area contributed by atoms with Crippen molar-refractivity contribution >= 4 is 76.9 Å². The molecule has 2 atom stereocenters. The number of aliphatic carboxylic acids is 1. The molecule has 2 aromatic carbocycles. The molecule has 6 aliphatic rings. The van der Waals surface area contributed by atoms with Crippen LogP contribution in [-0.2, 0) is 28.9 Å². The number of ether oxygens (including phenoxy) is 6. The molecule has 0 spiro atoms. The maximum absolute atomic E-state index is 13.5. The van der Waals surface area contributed by atoms with Crippen molar-refractivity contribution in [1.29, 1.82) is 0 Å². The number of unbranched alkanes of at least 4 members (excludes halogenated alkanes) is 18. The van der Waals surface area contributed by atoms with Gasteiger partial charge in [-0.1, -0.05) is 25.7 Å². The molecule has 3 amide bonds. The number of nitrogens with one attached hydrogen (secondary N) is 5. The van der Waals surface area contributed by atoms with Crippen molar-refractivity contribution in [3.05, 3.63) is 47.5 Å². The monoisotopic (exact) mass is 2060 g/mol. The number of nitrogens with zero attached hydrogens (tertiary/aromatic N) is 10. The first kappa shape index (κ1) is 126. The van der Waals surface area contributed by atoms with Gasteiger partial charge < -0.3 is 128 Å². The van der Waals surface area contributed by atoms with E-state index in [4.69, 9.17) is 131 Å². The number of benzene rings is 2. The number of carbonyl (C=O) groups excluding carboxylic acids is 6. The summed E-state index contributed by atoms with van der Waals surface area (Å²) < 4.78 is 36.9. The summed E-state index contributed by atoms with van der Waals surface area (Å²) in [6.45, 7) is 13.9. The Kier molecular flexibility index (Phi) is 63.5. The van der Waals surface area contributed by atoms with Crippen LogP contribution in [0, 0.1) is 74.1 Å². The zero-order chi connectivity index (χ0) is 106. The normalized spacial score (nSPS) is 15.6. The van der Waals surface area contributed by atoms with Crippen LogP contribution >= 0.6 is 0 Å². The molecular weight excluding hydrogens is 1890 g/mol. The molecule has 10 rings (SSSR count). The zero-order valence-electron chi connectivity index (χ0n) is 88.4. The molecule has 6 fully saturated rings. The Morgan fingerprint density at radius 1 is 0.385 bits per heavy atom. The average molecular weight is 2060 g/mol. The summed E-state index contributed by atoms with van der Waals surface area (Å²) in [5.41, 5.74) is 31.5. The fourth-order valence-electron chi connectivity index (χ4n) is 17.7. The van der Waals surface area contributed by atoms with Crippen LogP contribution in [-0.4, -0.2) is 260 Å². The van der Waals surface area contributed by atoms with E-state index in [1.54, 1.807) is 38.4 Å². The number of anilines is 6. The van der Waals surface area contributed by atoms with Gasteiger partial charge in [0.2, 0.25) is 29.3 Å². The summed E-state index contributed by atoms with van der Waals surface area (Å²) in [7, 11) is 3.32. The molecule has 0 radical (unpaired) electrons. The number of amides is 3. The molecule has 0 saturated carbocycles. The van der Waals surface area contributed by atoms with E-state index >= 15 is 0 Å². The molecule has 148 heavy (non-hydrogen) atoms. The summed E-state index contributed by atoms with van der Waals surface area (Å²) in [6, 6.07) is 11.2. The van der Waals surface area contributed by atoms with Gasteiger partial charge in [0, 0.05) is 209 Å². The number of carboxylic acid groups (broad SMARTS) is 1. The topological polar surface area (TPSA) is 489 Å². The first-order chi connectivity index (χ1) is 71.5. The van der Waals surface area contributed by atoms with E-state index in [9.17, 15) is 28.8 Å². The summed E-state index contributed by atoms with van der Waals surface area (Å²) in [5, 5.41) is 32.4. The molecule has 6 aliphatic heterocycles. The zero-order valence-corrected chi connectivity index (χ0v) is 90.4. The second-order valence-corrected chi connectivity index (χ2v) is 38.3. The van der Waals surface area contributed by atoms with Gasteiger partial charge in [0.05, 0.1) is 58.1 Å². The van der Waals surface area contributed by atoms with E-state index in [-0.39, 0.29) is 96.3 Å². The van der Waals surface area contributed by atoms with Gasteiger partial charge >= 0.3 is 35.5 Å². The SMILES string of the molecule is C#CCCCCOc1cc(C(=O)NCCCCCCC(=O)[C@H](CC(=O)NC2CCN(c3nc(N4CCC(N)CC4)cc(N4CCC(N)CC4)n3)CC2)NC)cc(OCCCCC#C)c1OCCCCC#C.C#CCCCCOc1cc(C(=O)NCCCCCCC(=O)[C@H](CC(=O)O)NC)cc(OCCCCC#C)c1OCCCCC#C.NC1CCN(c2cc(N3CCC(N)CC3)nc(N3CCC(N)CC3)n2)CC1.O=CO[O-].[Na+]. The minimum Gasteiger partial charge on any atom is -0.662 e. The number of carboxylic acids is 1. The van der Waals surface area contributed by atoms with Crippen molar-refractivity contribution in [1.82, 2.24) is 46.5 Å². The first-order valence-electron chi connectivity index (χ1n) is 53.5. The van der Waals surface area contributed by atoms with Crippen molar-refractivity contribution in [3.63, 3.8) is 0 Å². The van der Waals surface area contributed by atoms with Crippen LogP contribution in [0.4, 0.5) is 35.2 Å². The number of hydrogen-bond acceptors (Lipinski definition) is 32. The number of likely N-dealkylation sites (N-methyl/N-ethyl adjacent to an activating group) is 2. The molecule has 2 aromatic heterocycles. The third kappa shape index (κ3) is 48.3. The van der Waals surface area contributed by atoms with Crippen LogP contribution in [0.3, 0.4) is 0 Å². The molecule has 0 unspecified atom stereocenters. The summed E-state index contributed by atoms with van der Waals surface area (Å²) in [5.74, 6) is 22.3. The van der Waals surface area contributed by atoms with Crippen molar-refractivity contribution in [2.45, 2.75) is 318 Å². The molecular formula is C111H167N20NaO16. The van der Waals surface area contributed by atoms with Gasteiger partial charge in [-0.15, -0.1) is 74.1 Å². The van der Waals surface area contributed by atoms with Gasteiger partial charge in [-0.3, -0.25) is 33.6 Å². The maximum Gasteiger partial charge on any atom is 1.00 e. The Hall–Kier alpha value is -11.1. The summed E-state index contributed by atoms with van der Waals surface area (Å²) in [6.07, 6.45) is 63.9. The number of rotatable bonds is 62. The number of ketones is 2. The molecule has 37 heteroatoms. The fraction of sp³-hybridized carbons (Fsp3) is 0.649. The third-order valence-electron chi connectivity index (χ3n) is 26.7. The van der Waals surface area contributed by atoms with Crippen LogP contribution in [0.15, 0.2) is 36.4 Å². The molecule has 4 aromatic rings. The number of hydrogen-bond donors (Lipinski definition) is 11. The molecule has 36 nitrogen and oxygen atoms in total. The van der Waals surface area contributed by atoms with Crippen LogP contribution < -0.4 is 148 Å². The smallest absolute Gasteiger partial charge is 0.662 e. The predicted molar refractivity (Wildman–Crippen MR) is 577 cm³/mol. The fourth-order valence-corrected chi connectivity index (χ4v) is 17.7. The predicted octanol–water partition coefficient (Wildman–Crippen LogP) is 7.13. The molecule has 6 saturated heterocycles. The van der Waals surface area contributed by atoms with Crippen LogP contribution in [0.1, 0.15) is 290 Å². The average Bonchev–Trinajstić information content (AvgIpc) is 0.816. The number of Topliss-reactive ketones (excluding diaryl/α,β-unsaturated/α-hetero) is 2. The van der Waals surface area contributed by atoms with Crippen molar-refractivity contribution < 1.29 is 107 Å². The van der Waals surface area contributed by atoms with Crippen LogP contribution in [0.2, 0.25) is 0 Å². The second kappa shape index (κ2) is 74.8. The van der Waals surface area contributed by atoms with Gasteiger partial charge in [-0.25, -0.2) is 0 Å². The van der Waals surface area contributed by atoms with Gasteiger partial charge in [-0.2, -0.15) is 19.9 Å². The molecule has 808 valence electrons. The molecule has 0 aliphatic carbocycles. The van der Waals surface area contributed by atoms with E-state index in [2.05, 4.69) is 109 Å². The van der Waals surface area contributed by atoms with E-state index in [0.717, 1.165) is 293 Å². The quantitative estimate of drug-likeness (QED) is 0.00522. The van der Waals surface area contributed by atoms with Crippen LogP contribution in [0.25, 0.3) is 0 Å². The van der Waals surface area contributed by atoms with E-state index in [1.807, 2.05) is 0 Å². The van der Waals surface area contributed by atoms with Crippen molar-refractivity contribution in [2.24, 2.45) is 28.7 Å². The molecule has 8 heterocycles. The number of aromatic nitrogens is 4.